The number of anilines is 2. The van der Waals surface area contributed by atoms with Gasteiger partial charge in [0.25, 0.3) is 0 Å². The van der Waals surface area contributed by atoms with Crippen LogP contribution in [0.2, 0.25) is 0 Å². The minimum Gasteiger partial charge on any atom is -0.465 e. The van der Waals surface area contributed by atoms with E-state index in [1.165, 1.54) is 30.2 Å². The highest BCUT2D eigenvalue weighted by molar-refractivity contribution is 6.09. The predicted octanol–water partition coefficient (Wildman–Crippen LogP) is 1.30. The van der Waals surface area contributed by atoms with Gasteiger partial charge in [0.1, 0.15) is 18.0 Å². The van der Waals surface area contributed by atoms with Crippen LogP contribution in [0.5, 0.6) is 0 Å². The SMILES string of the molecule is COCCN1C(=O)CN(C(=O)O)c2c(F)cccc21. The van der Waals surface area contributed by atoms with Crippen LogP contribution in [0.25, 0.3) is 0 Å². The second-order valence-corrected chi connectivity index (χ2v) is 4.01. The van der Waals surface area contributed by atoms with Gasteiger partial charge in [-0.05, 0) is 12.1 Å². The van der Waals surface area contributed by atoms with E-state index in [1.54, 1.807) is 0 Å². The van der Waals surface area contributed by atoms with Crippen LogP contribution in [-0.2, 0) is 9.53 Å². The Balaban J connectivity index is 2.47. The van der Waals surface area contributed by atoms with Crippen molar-refractivity contribution in [2.45, 2.75) is 0 Å². The van der Waals surface area contributed by atoms with Crippen molar-refractivity contribution in [3.8, 4) is 0 Å². The number of carbonyl (C=O) groups excluding carboxylic acids is 1. The second kappa shape index (κ2) is 5.23. The maximum Gasteiger partial charge on any atom is 0.412 e. The highest BCUT2D eigenvalue weighted by Crippen LogP contribution is 2.35. The van der Waals surface area contributed by atoms with Crippen molar-refractivity contribution in [1.29, 1.82) is 0 Å². The summed E-state index contributed by atoms with van der Waals surface area (Å²) in [6, 6.07) is 4.12. The Kier molecular flexibility index (Phi) is 3.66. The molecule has 6 nitrogen and oxygen atoms in total. The molecule has 0 saturated heterocycles. The first kappa shape index (κ1) is 13.3. The number of carbonyl (C=O) groups is 2. The average Bonchev–Trinajstić information content (AvgIpc) is 2.37. The zero-order valence-corrected chi connectivity index (χ0v) is 10.3. The van der Waals surface area contributed by atoms with Crippen molar-refractivity contribution >= 4 is 23.4 Å². The number of methoxy groups -OCH3 is 1. The number of carboxylic acid groups (broad SMARTS) is 1. The first-order chi connectivity index (χ1) is 9.06. The van der Waals surface area contributed by atoms with Crippen molar-refractivity contribution in [3.63, 3.8) is 0 Å². The van der Waals surface area contributed by atoms with Crippen LogP contribution in [0, 0.1) is 5.82 Å². The van der Waals surface area contributed by atoms with E-state index in [9.17, 15) is 14.0 Å². The molecule has 0 spiro atoms. The largest absolute Gasteiger partial charge is 0.465 e. The van der Waals surface area contributed by atoms with Gasteiger partial charge in [0.15, 0.2) is 0 Å². The number of halogens is 1. The molecule has 1 aromatic carbocycles. The van der Waals surface area contributed by atoms with Crippen LogP contribution in [0.15, 0.2) is 18.2 Å². The molecule has 0 fully saturated rings. The quantitative estimate of drug-likeness (QED) is 0.897. The predicted molar refractivity (Wildman–Crippen MR) is 66.0 cm³/mol. The van der Waals surface area contributed by atoms with E-state index < -0.39 is 24.4 Å². The molecule has 0 atom stereocenters. The molecule has 7 heteroatoms. The van der Waals surface area contributed by atoms with E-state index in [1.807, 2.05) is 0 Å². The van der Waals surface area contributed by atoms with E-state index >= 15 is 0 Å². The Morgan fingerprint density at radius 2 is 2.26 bits per heavy atom. The van der Waals surface area contributed by atoms with Gasteiger partial charge in [-0.1, -0.05) is 6.07 Å². The summed E-state index contributed by atoms with van der Waals surface area (Å²) in [6.07, 6.45) is -1.36. The fourth-order valence-corrected chi connectivity index (χ4v) is 2.01. The molecule has 0 bridgehead atoms. The number of benzene rings is 1. The van der Waals surface area contributed by atoms with Crippen LogP contribution in [0.1, 0.15) is 0 Å². The molecule has 1 heterocycles. The van der Waals surface area contributed by atoms with Gasteiger partial charge in [-0.25, -0.2) is 9.18 Å². The molecule has 0 aromatic heterocycles. The van der Waals surface area contributed by atoms with E-state index in [0.29, 0.717) is 0 Å². The molecule has 0 saturated carbocycles. The van der Waals surface area contributed by atoms with E-state index in [4.69, 9.17) is 9.84 Å². The highest BCUT2D eigenvalue weighted by atomic mass is 19.1. The number of nitrogens with zero attached hydrogens (tertiary/aromatic N) is 2. The molecule has 19 heavy (non-hydrogen) atoms. The van der Waals surface area contributed by atoms with Crippen molar-refractivity contribution < 1.29 is 23.8 Å². The molecule has 1 aromatic rings. The number of rotatable bonds is 3. The highest BCUT2D eigenvalue weighted by Gasteiger charge is 2.34. The van der Waals surface area contributed by atoms with Crippen LogP contribution in [-0.4, -0.2) is 43.9 Å². The minimum atomic E-state index is -1.36. The van der Waals surface area contributed by atoms with E-state index in [2.05, 4.69) is 0 Å². The van der Waals surface area contributed by atoms with Gasteiger partial charge in [-0.3, -0.25) is 9.69 Å². The normalized spacial score (nSPS) is 14.5. The van der Waals surface area contributed by atoms with Gasteiger partial charge in [0, 0.05) is 13.7 Å². The fraction of sp³-hybridized carbons (Fsp3) is 0.333. The van der Waals surface area contributed by atoms with Crippen molar-refractivity contribution in [3.05, 3.63) is 24.0 Å². The molecule has 0 radical (unpaired) electrons. The maximum absolute atomic E-state index is 13.8. The zero-order valence-electron chi connectivity index (χ0n) is 10.3. The summed E-state index contributed by atoms with van der Waals surface area (Å²) in [5, 5.41) is 9.05. The summed E-state index contributed by atoms with van der Waals surface area (Å²) in [5.41, 5.74) is 0.154. The lowest BCUT2D eigenvalue weighted by molar-refractivity contribution is -0.117. The molecular weight excluding hydrogens is 255 g/mol. The van der Waals surface area contributed by atoms with Crippen molar-refractivity contribution in [2.24, 2.45) is 0 Å². The van der Waals surface area contributed by atoms with Gasteiger partial charge in [0.05, 0.1) is 12.3 Å². The lowest BCUT2D eigenvalue weighted by Crippen LogP contribution is -2.49. The summed E-state index contributed by atoms with van der Waals surface area (Å²) in [5.74, 6) is -1.08. The standard InChI is InChI=1S/C12H13FN2O4/c1-19-6-5-14-9-4-2-3-8(13)11(9)15(12(17)18)7-10(14)16/h2-4H,5-7H2,1H3,(H,17,18). The summed E-state index contributed by atoms with van der Waals surface area (Å²) >= 11 is 0. The Labute approximate surface area is 109 Å². The van der Waals surface area contributed by atoms with Crippen LogP contribution in [0.3, 0.4) is 0 Å². The molecule has 1 aliphatic heterocycles. The number of amides is 2. The Bertz CT molecular complexity index is 520. The molecule has 102 valence electrons. The average molecular weight is 268 g/mol. The van der Waals surface area contributed by atoms with Crippen LogP contribution in [0.4, 0.5) is 20.6 Å². The van der Waals surface area contributed by atoms with Gasteiger partial charge in [-0.2, -0.15) is 0 Å². The first-order valence-electron chi connectivity index (χ1n) is 5.64. The van der Waals surface area contributed by atoms with Gasteiger partial charge in [-0.15, -0.1) is 0 Å². The monoisotopic (exact) mass is 268 g/mol. The maximum atomic E-state index is 13.8. The summed E-state index contributed by atoms with van der Waals surface area (Å²) in [7, 11) is 1.49. The smallest absolute Gasteiger partial charge is 0.412 e. The van der Waals surface area contributed by atoms with Gasteiger partial charge < -0.3 is 14.7 Å². The second-order valence-electron chi connectivity index (χ2n) is 4.01. The lowest BCUT2D eigenvalue weighted by atomic mass is 10.1. The molecule has 0 unspecified atom stereocenters. The van der Waals surface area contributed by atoms with Crippen molar-refractivity contribution in [1.82, 2.24) is 0 Å². The van der Waals surface area contributed by atoms with Crippen LogP contribution < -0.4 is 9.80 Å². The topological polar surface area (TPSA) is 70.1 Å². The number of fused-ring (bicyclic) bond motifs is 1. The number of ether oxygens (including phenoxy) is 1. The molecule has 1 aliphatic rings. The summed E-state index contributed by atoms with van der Waals surface area (Å²) in [6.45, 7) is 0.140. The molecule has 1 N–H and O–H groups in total. The first-order valence-corrected chi connectivity index (χ1v) is 5.64. The Hall–Kier alpha value is -2.15. The minimum absolute atomic E-state index is 0.0919. The van der Waals surface area contributed by atoms with E-state index in [-0.39, 0.29) is 24.5 Å². The Morgan fingerprint density at radius 3 is 2.89 bits per heavy atom. The zero-order chi connectivity index (χ0) is 14.0. The Morgan fingerprint density at radius 1 is 1.53 bits per heavy atom. The van der Waals surface area contributed by atoms with Gasteiger partial charge >= 0.3 is 6.09 Å². The summed E-state index contributed by atoms with van der Waals surface area (Å²) in [4.78, 5) is 25.1. The van der Waals surface area contributed by atoms with Gasteiger partial charge in [0.2, 0.25) is 5.91 Å². The number of para-hydroxylation sites is 1. The lowest BCUT2D eigenvalue weighted by Gasteiger charge is -2.34. The third kappa shape index (κ3) is 2.37. The van der Waals surface area contributed by atoms with Crippen LogP contribution >= 0.6 is 0 Å². The molecule has 0 aliphatic carbocycles. The third-order valence-corrected chi connectivity index (χ3v) is 2.87. The number of hydrogen-bond acceptors (Lipinski definition) is 3. The fourth-order valence-electron chi connectivity index (χ4n) is 2.01. The van der Waals surface area contributed by atoms with E-state index in [0.717, 1.165) is 4.90 Å². The summed E-state index contributed by atoms with van der Waals surface area (Å²) < 4.78 is 18.7. The molecular formula is C12H13FN2O4. The third-order valence-electron chi connectivity index (χ3n) is 2.87. The number of hydrogen-bond donors (Lipinski definition) is 1. The van der Waals surface area contributed by atoms with Crippen molar-refractivity contribution in [2.75, 3.05) is 36.6 Å². The molecule has 2 rings (SSSR count). The molecule has 2 amide bonds.